The van der Waals surface area contributed by atoms with E-state index in [2.05, 4.69) is 53.3 Å². The van der Waals surface area contributed by atoms with Gasteiger partial charge in [0.15, 0.2) is 0 Å². The van der Waals surface area contributed by atoms with Crippen molar-refractivity contribution < 1.29 is 4.79 Å². The molecule has 5 nitrogen and oxygen atoms in total. The summed E-state index contributed by atoms with van der Waals surface area (Å²) in [5.74, 6) is 0.00261. The second kappa shape index (κ2) is 7.37. The van der Waals surface area contributed by atoms with Gasteiger partial charge in [0, 0.05) is 25.2 Å². The molecule has 138 valence electrons. The molecule has 1 aliphatic rings. The lowest BCUT2D eigenvalue weighted by Gasteiger charge is -2.40. The Kier molecular flexibility index (Phi) is 4.77. The lowest BCUT2D eigenvalue weighted by atomic mass is 10.0. The van der Waals surface area contributed by atoms with Crippen molar-refractivity contribution in [2.75, 3.05) is 26.7 Å². The van der Waals surface area contributed by atoms with Crippen LogP contribution in [0.1, 0.15) is 27.7 Å². The molecule has 1 atom stereocenters. The van der Waals surface area contributed by atoms with E-state index in [0.717, 1.165) is 29.9 Å². The number of hydrogen-bond donors (Lipinski definition) is 1. The van der Waals surface area contributed by atoms with Gasteiger partial charge < -0.3 is 9.80 Å². The van der Waals surface area contributed by atoms with E-state index in [1.165, 1.54) is 5.56 Å². The molecule has 1 amide bonds. The molecule has 1 aromatic heterocycles. The van der Waals surface area contributed by atoms with Crippen molar-refractivity contribution in [2.45, 2.75) is 13.0 Å². The molecule has 2 heterocycles. The number of likely N-dealkylation sites (N-methyl/N-ethyl adjacent to an activating group) is 1. The molecule has 3 aromatic rings. The van der Waals surface area contributed by atoms with Crippen molar-refractivity contribution in [3.63, 3.8) is 0 Å². The number of nitrogens with zero attached hydrogens (tertiary/aromatic N) is 3. The summed E-state index contributed by atoms with van der Waals surface area (Å²) in [6.45, 7) is 4.46. The summed E-state index contributed by atoms with van der Waals surface area (Å²) >= 11 is 0. The molecule has 5 heteroatoms. The van der Waals surface area contributed by atoms with Crippen molar-refractivity contribution in [2.24, 2.45) is 0 Å². The van der Waals surface area contributed by atoms with E-state index in [0.29, 0.717) is 12.2 Å². The Balaban J connectivity index is 1.60. The molecule has 0 saturated carbocycles. The van der Waals surface area contributed by atoms with Crippen LogP contribution in [0.5, 0.6) is 0 Å². The van der Waals surface area contributed by atoms with Gasteiger partial charge in [-0.3, -0.25) is 9.89 Å². The monoisotopic (exact) mass is 360 g/mol. The van der Waals surface area contributed by atoms with E-state index in [9.17, 15) is 4.79 Å². The van der Waals surface area contributed by atoms with Crippen LogP contribution in [0.25, 0.3) is 11.3 Å². The average molecular weight is 360 g/mol. The minimum Gasteiger partial charge on any atom is -0.328 e. The number of amides is 1. The third-order valence-electron chi connectivity index (χ3n) is 5.18. The average Bonchev–Trinajstić information content (AvgIpc) is 3.19. The van der Waals surface area contributed by atoms with Crippen molar-refractivity contribution >= 4 is 5.91 Å². The molecular weight excluding hydrogens is 336 g/mol. The number of benzene rings is 2. The molecule has 4 rings (SSSR count). The summed E-state index contributed by atoms with van der Waals surface area (Å²) in [5, 5.41) is 7.31. The number of carbonyl (C=O) groups is 1. The molecule has 27 heavy (non-hydrogen) atoms. The fraction of sp³-hybridized carbons (Fsp3) is 0.273. The number of aromatic nitrogens is 2. The Hall–Kier alpha value is -2.92. The van der Waals surface area contributed by atoms with Gasteiger partial charge in [-0.15, -0.1) is 0 Å². The Labute approximate surface area is 159 Å². The van der Waals surface area contributed by atoms with Crippen LogP contribution < -0.4 is 0 Å². The zero-order valence-electron chi connectivity index (χ0n) is 15.7. The quantitative estimate of drug-likeness (QED) is 0.778. The Morgan fingerprint density at radius 3 is 2.56 bits per heavy atom. The maximum atomic E-state index is 13.2. The van der Waals surface area contributed by atoms with Gasteiger partial charge in [0.25, 0.3) is 5.91 Å². The maximum Gasteiger partial charge on any atom is 0.272 e. The highest BCUT2D eigenvalue weighted by Crippen LogP contribution is 2.27. The van der Waals surface area contributed by atoms with Gasteiger partial charge >= 0.3 is 0 Å². The lowest BCUT2D eigenvalue weighted by molar-refractivity contribution is 0.0492. The lowest BCUT2D eigenvalue weighted by Crippen LogP contribution is -2.49. The van der Waals surface area contributed by atoms with E-state index in [-0.39, 0.29) is 11.9 Å². The first-order chi connectivity index (χ1) is 13.1. The van der Waals surface area contributed by atoms with E-state index in [1.807, 2.05) is 41.3 Å². The summed E-state index contributed by atoms with van der Waals surface area (Å²) < 4.78 is 0. The van der Waals surface area contributed by atoms with Gasteiger partial charge in [-0.25, -0.2) is 0 Å². The SMILES string of the molecule is Cc1ccc(-c2cc(C(=O)N3CCN(C)CC3c3ccccc3)[nH]n2)cc1. The van der Waals surface area contributed by atoms with E-state index in [4.69, 9.17) is 0 Å². The van der Waals surface area contributed by atoms with Gasteiger partial charge in [0.05, 0.1) is 11.7 Å². The molecule has 1 fully saturated rings. The van der Waals surface area contributed by atoms with E-state index >= 15 is 0 Å². The standard InChI is InChI=1S/C22H24N4O/c1-16-8-10-17(11-9-16)19-14-20(24-23-19)22(27)26-13-12-25(2)15-21(26)18-6-4-3-5-7-18/h3-11,14,21H,12-13,15H2,1-2H3,(H,23,24). The Bertz CT molecular complexity index is 917. The van der Waals surface area contributed by atoms with Crippen LogP contribution in [0.4, 0.5) is 0 Å². The predicted molar refractivity (Wildman–Crippen MR) is 106 cm³/mol. The highest BCUT2D eigenvalue weighted by molar-refractivity contribution is 5.93. The van der Waals surface area contributed by atoms with E-state index < -0.39 is 0 Å². The van der Waals surface area contributed by atoms with Crippen LogP contribution in [-0.4, -0.2) is 52.6 Å². The van der Waals surface area contributed by atoms with Crippen LogP contribution in [0.15, 0.2) is 60.7 Å². The summed E-state index contributed by atoms with van der Waals surface area (Å²) in [6.07, 6.45) is 0. The second-order valence-corrected chi connectivity index (χ2v) is 7.22. The molecule has 0 radical (unpaired) electrons. The Morgan fingerprint density at radius 1 is 1.07 bits per heavy atom. The van der Waals surface area contributed by atoms with Gasteiger partial charge in [-0.1, -0.05) is 60.2 Å². The molecule has 1 aliphatic heterocycles. The third kappa shape index (κ3) is 3.64. The van der Waals surface area contributed by atoms with E-state index in [1.54, 1.807) is 0 Å². The van der Waals surface area contributed by atoms with Gasteiger partial charge in [0.1, 0.15) is 5.69 Å². The molecule has 0 spiro atoms. The first-order valence-corrected chi connectivity index (χ1v) is 9.29. The molecule has 1 unspecified atom stereocenters. The van der Waals surface area contributed by atoms with Gasteiger partial charge in [-0.05, 0) is 25.6 Å². The van der Waals surface area contributed by atoms with Crippen LogP contribution in [0.2, 0.25) is 0 Å². The zero-order chi connectivity index (χ0) is 18.8. The largest absolute Gasteiger partial charge is 0.328 e. The molecular formula is C22H24N4O. The van der Waals surface area contributed by atoms with Gasteiger partial charge in [0.2, 0.25) is 0 Å². The summed E-state index contributed by atoms with van der Waals surface area (Å²) in [7, 11) is 2.10. The molecule has 0 aliphatic carbocycles. The minimum atomic E-state index is 0.00261. The fourth-order valence-corrected chi connectivity index (χ4v) is 3.58. The van der Waals surface area contributed by atoms with Crippen molar-refractivity contribution in [1.82, 2.24) is 20.0 Å². The first-order valence-electron chi connectivity index (χ1n) is 9.29. The number of nitrogens with one attached hydrogen (secondary N) is 1. The molecule has 1 saturated heterocycles. The molecule has 2 aromatic carbocycles. The number of piperazine rings is 1. The zero-order valence-corrected chi connectivity index (χ0v) is 15.7. The number of hydrogen-bond acceptors (Lipinski definition) is 3. The topological polar surface area (TPSA) is 52.2 Å². The van der Waals surface area contributed by atoms with Crippen LogP contribution in [0, 0.1) is 6.92 Å². The summed E-state index contributed by atoms with van der Waals surface area (Å²) in [6, 6.07) is 20.3. The maximum absolute atomic E-state index is 13.2. The number of H-pyrrole nitrogens is 1. The number of rotatable bonds is 3. The van der Waals surface area contributed by atoms with Crippen molar-refractivity contribution in [1.29, 1.82) is 0 Å². The first kappa shape index (κ1) is 17.5. The number of carbonyl (C=O) groups excluding carboxylic acids is 1. The van der Waals surface area contributed by atoms with Crippen molar-refractivity contribution in [3.05, 3.63) is 77.5 Å². The number of aryl methyl sites for hydroxylation is 1. The second-order valence-electron chi connectivity index (χ2n) is 7.22. The predicted octanol–water partition coefficient (Wildman–Crippen LogP) is 3.51. The number of aromatic amines is 1. The van der Waals surface area contributed by atoms with Crippen LogP contribution in [0.3, 0.4) is 0 Å². The molecule has 1 N–H and O–H groups in total. The van der Waals surface area contributed by atoms with Crippen LogP contribution >= 0.6 is 0 Å². The smallest absolute Gasteiger partial charge is 0.272 e. The summed E-state index contributed by atoms with van der Waals surface area (Å²) in [4.78, 5) is 17.5. The van der Waals surface area contributed by atoms with Gasteiger partial charge in [-0.2, -0.15) is 5.10 Å². The molecule has 0 bridgehead atoms. The Morgan fingerprint density at radius 2 is 1.81 bits per heavy atom. The normalized spacial score (nSPS) is 17.9. The highest BCUT2D eigenvalue weighted by atomic mass is 16.2. The van der Waals surface area contributed by atoms with Crippen LogP contribution in [-0.2, 0) is 0 Å². The fourth-order valence-electron chi connectivity index (χ4n) is 3.58. The third-order valence-corrected chi connectivity index (χ3v) is 5.18. The van der Waals surface area contributed by atoms with Crippen molar-refractivity contribution in [3.8, 4) is 11.3 Å². The summed E-state index contributed by atoms with van der Waals surface area (Å²) in [5.41, 5.74) is 4.71. The highest BCUT2D eigenvalue weighted by Gasteiger charge is 2.31. The minimum absolute atomic E-state index is 0.00261.